The zero-order valence-corrected chi connectivity index (χ0v) is 21.6. The maximum Gasteiger partial charge on any atom is 0.291 e. The van der Waals surface area contributed by atoms with Gasteiger partial charge in [-0.25, -0.2) is 0 Å². The molecule has 1 heterocycles. The Bertz CT molecular complexity index is 1330. The molecule has 0 bridgehead atoms. The zero-order valence-electron chi connectivity index (χ0n) is 21.6. The summed E-state index contributed by atoms with van der Waals surface area (Å²) in [7, 11) is 1.49. The van der Waals surface area contributed by atoms with E-state index in [1.165, 1.54) is 26.4 Å². The molecule has 0 aliphatic carbocycles. The monoisotopic (exact) mass is 516 g/mol. The van der Waals surface area contributed by atoms with Gasteiger partial charge >= 0.3 is 0 Å². The van der Waals surface area contributed by atoms with Gasteiger partial charge in [0, 0.05) is 17.1 Å². The Morgan fingerprint density at radius 3 is 2.34 bits per heavy atom. The number of fused-ring (bicyclic) bond motifs is 1. The predicted octanol–water partition coefficient (Wildman–Crippen LogP) is 6.67. The first-order valence-corrected chi connectivity index (χ1v) is 12.7. The van der Waals surface area contributed by atoms with E-state index in [2.05, 4.69) is 17.6 Å². The van der Waals surface area contributed by atoms with E-state index in [1.54, 1.807) is 42.5 Å². The second-order valence-electron chi connectivity index (χ2n) is 8.74. The smallest absolute Gasteiger partial charge is 0.291 e. The van der Waals surface area contributed by atoms with Crippen LogP contribution < -0.4 is 24.8 Å². The van der Waals surface area contributed by atoms with Crippen molar-refractivity contribution in [1.82, 2.24) is 0 Å². The number of amides is 2. The first-order valence-electron chi connectivity index (χ1n) is 12.7. The van der Waals surface area contributed by atoms with Crippen molar-refractivity contribution in [2.75, 3.05) is 31.0 Å². The van der Waals surface area contributed by atoms with E-state index in [0.717, 1.165) is 17.6 Å². The lowest BCUT2D eigenvalue weighted by Gasteiger charge is -2.13. The standard InChI is InChI=1S/C30H32N2O6/c1-3-4-5-8-17-36-23-12-14-24(15-13-23)37-20-29(33)31-22-11-16-25(27(19-22)35-2)32-30(34)28-18-21-9-6-7-10-26(21)38-28/h6-7,9-16,18-19H,3-5,8,17,20H2,1-2H3,(H,31,33)(H,32,34). The second-order valence-corrected chi connectivity index (χ2v) is 8.74. The molecule has 4 rings (SSSR count). The summed E-state index contributed by atoms with van der Waals surface area (Å²) in [6.45, 7) is 2.71. The van der Waals surface area contributed by atoms with Crippen molar-refractivity contribution in [3.8, 4) is 17.2 Å². The molecule has 4 aromatic rings. The zero-order chi connectivity index (χ0) is 26.7. The number of rotatable bonds is 13. The van der Waals surface area contributed by atoms with Gasteiger partial charge in [-0.15, -0.1) is 0 Å². The largest absolute Gasteiger partial charge is 0.494 e. The van der Waals surface area contributed by atoms with Gasteiger partial charge in [-0.2, -0.15) is 0 Å². The Balaban J connectivity index is 1.27. The summed E-state index contributed by atoms with van der Waals surface area (Å²) < 4.78 is 22.4. The van der Waals surface area contributed by atoms with Crippen molar-refractivity contribution < 1.29 is 28.2 Å². The molecular weight excluding hydrogens is 484 g/mol. The topological polar surface area (TPSA) is 99.0 Å². The highest BCUT2D eigenvalue weighted by molar-refractivity contribution is 6.05. The van der Waals surface area contributed by atoms with Crippen molar-refractivity contribution in [3.63, 3.8) is 0 Å². The molecule has 8 nitrogen and oxygen atoms in total. The van der Waals surface area contributed by atoms with E-state index >= 15 is 0 Å². The van der Waals surface area contributed by atoms with Gasteiger partial charge in [0.2, 0.25) is 0 Å². The molecular formula is C30H32N2O6. The van der Waals surface area contributed by atoms with E-state index in [0.29, 0.717) is 35.1 Å². The van der Waals surface area contributed by atoms with Crippen LogP contribution in [0, 0.1) is 0 Å². The fraction of sp³-hybridized carbons (Fsp3) is 0.267. The highest BCUT2D eigenvalue weighted by Crippen LogP contribution is 2.29. The lowest BCUT2D eigenvalue weighted by Crippen LogP contribution is -2.20. The Kier molecular flexibility index (Phi) is 9.23. The van der Waals surface area contributed by atoms with Gasteiger partial charge in [-0.05, 0) is 55.0 Å². The lowest BCUT2D eigenvalue weighted by atomic mass is 10.2. The van der Waals surface area contributed by atoms with Crippen LogP contribution in [0.2, 0.25) is 0 Å². The molecule has 0 radical (unpaired) electrons. The number of unbranched alkanes of at least 4 members (excludes halogenated alkanes) is 3. The number of hydrogen-bond donors (Lipinski definition) is 2. The van der Waals surface area contributed by atoms with E-state index in [4.69, 9.17) is 18.6 Å². The van der Waals surface area contributed by atoms with Gasteiger partial charge in [0.15, 0.2) is 12.4 Å². The number of carbonyl (C=O) groups is 2. The predicted molar refractivity (Wildman–Crippen MR) is 147 cm³/mol. The van der Waals surface area contributed by atoms with Crippen LogP contribution in [0.15, 0.2) is 77.2 Å². The number of carbonyl (C=O) groups excluding carboxylic acids is 2. The SMILES string of the molecule is CCCCCCOc1ccc(OCC(=O)Nc2ccc(NC(=O)c3cc4ccccc4o3)c(OC)c2)cc1. The second kappa shape index (κ2) is 13.2. The third-order valence-corrected chi connectivity index (χ3v) is 5.84. The number of furan rings is 1. The molecule has 1 aromatic heterocycles. The Labute approximate surface area is 221 Å². The molecule has 0 spiro atoms. The molecule has 0 aliphatic heterocycles. The molecule has 3 aromatic carbocycles. The van der Waals surface area contributed by atoms with Crippen molar-refractivity contribution in [1.29, 1.82) is 0 Å². The average Bonchev–Trinajstić information content (AvgIpc) is 3.38. The summed E-state index contributed by atoms with van der Waals surface area (Å²) in [6.07, 6.45) is 4.61. The highest BCUT2D eigenvalue weighted by Gasteiger charge is 2.15. The summed E-state index contributed by atoms with van der Waals surface area (Å²) in [5.41, 5.74) is 1.58. The molecule has 2 amide bonds. The third-order valence-electron chi connectivity index (χ3n) is 5.84. The number of ether oxygens (including phenoxy) is 3. The Morgan fingerprint density at radius 1 is 0.842 bits per heavy atom. The van der Waals surface area contributed by atoms with Crippen LogP contribution in [0.5, 0.6) is 17.2 Å². The normalized spacial score (nSPS) is 10.7. The molecule has 198 valence electrons. The number of benzene rings is 3. The summed E-state index contributed by atoms with van der Waals surface area (Å²) in [4.78, 5) is 25.1. The molecule has 38 heavy (non-hydrogen) atoms. The van der Waals surface area contributed by atoms with Gasteiger partial charge < -0.3 is 29.3 Å². The average molecular weight is 517 g/mol. The van der Waals surface area contributed by atoms with Crippen LogP contribution in [-0.4, -0.2) is 32.1 Å². The number of anilines is 2. The molecule has 0 saturated heterocycles. The van der Waals surface area contributed by atoms with Gasteiger partial charge in [-0.1, -0.05) is 44.4 Å². The molecule has 0 aliphatic rings. The van der Waals surface area contributed by atoms with E-state index in [9.17, 15) is 9.59 Å². The minimum atomic E-state index is -0.405. The molecule has 0 unspecified atom stereocenters. The van der Waals surface area contributed by atoms with Crippen LogP contribution in [0.4, 0.5) is 11.4 Å². The highest BCUT2D eigenvalue weighted by atomic mass is 16.5. The van der Waals surface area contributed by atoms with E-state index in [1.807, 2.05) is 30.3 Å². The van der Waals surface area contributed by atoms with Crippen LogP contribution >= 0.6 is 0 Å². The maximum absolute atomic E-state index is 12.7. The molecule has 2 N–H and O–H groups in total. The molecule has 8 heteroatoms. The van der Waals surface area contributed by atoms with Crippen LogP contribution in [-0.2, 0) is 4.79 Å². The summed E-state index contributed by atoms with van der Waals surface area (Å²) in [5.74, 6) is 1.19. The lowest BCUT2D eigenvalue weighted by molar-refractivity contribution is -0.118. The van der Waals surface area contributed by atoms with Crippen molar-refractivity contribution in [3.05, 3.63) is 78.6 Å². The first-order chi connectivity index (χ1) is 18.6. The minimum absolute atomic E-state index is 0.163. The fourth-order valence-corrected chi connectivity index (χ4v) is 3.85. The third kappa shape index (κ3) is 7.29. The summed E-state index contributed by atoms with van der Waals surface area (Å²) >= 11 is 0. The van der Waals surface area contributed by atoms with E-state index < -0.39 is 5.91 Å². The Morgan fingerprint density at radius 2 is 1.61 bits per heavy atom. The maximum atomic E-state index is 12.7. The van der Waals surface area contributed by atoms with Crippen LogP contribution in [0.3, 0.4) is 0 Å². The van der Waals surface area contributed by atoms with Gasteiger partial charge in [0.25, 0.3) is 11.8 Å². The molecule has 0 fully saturated rings. The van der Waals surface area contributed by atoms with Crippen LogP contribution in [0.25, 0.3) is 11.0 Å². The Hall–Kier alpha value is -4.46. The van der Waals surface area contributed by atoms with Crippen molar-refractivity contribution in [2.24, 2.45) is 0 Å². The first kappa shape index (κ1) is 26.6. The number of para-hydroxylation sites is 1. The van der Waals surface area contributed by atoms with Gasteiger partial charge in [-0.3, -0.25) is 9.59 Å². The van der Waals surface area contributed by atoms with Crippen molar-refractivity contribution >= 4 is 34.2 Å². The fourth-order valence-electron chi connectivity index (χ4n) is 3.85. The van der Waals surface area contributed by atoms with Crippen LogP contribution in [0.1, 0.15) is 43.2 Å². The quantitative estimate of drug-likeness (QED) is 0.193. The van der Waals surface area contributed by atoms with E-state index in [-0.39, 0.29) is 18.3 Å². The summed E-state index contributed by atoms with van der Waals surface area (Å²) in [6, 6.07) is 21.2. The van der Waals surface area contributed by atoms with Gasteiger partial charge in [0.05, 0.1) is 19.4 Å². The summed E-state index contributed by atoms with van der Waals surface area (Å²) in [5, 5.41) is 6.40. The number of nitrogens with one attached hydrogen (secondary N) is 2. The minimum Gasteiger partial charge on any atom is -0.494 e. The van der Waals surface area contributed by atoms with Crippen molar-refractivity contribution in [2.45, 2.75) is 32.6 Å². The molecule has 0 atom stereocenters. The molecule has 0 saturated carbocycles. The number of methoxy groups -OCH3 is 1. The number of hydrogen-bond acceptors (Lipinski definition) is 6. The van der Waals surface area contributed by atoms with Gasteiger partial charge in [0.1, 0.15) is 22.8 Å².